The van der Waals surface area contributed by atoms with Crippen molar-refractivity contribution >= 4 is 33.4 Å². The molecule has 4 heteroatoms. The maximum Gasteiger partial charge on any atom is 0.253 e. The summed E-state index contributed by atoms with van der Waals surface area (Å²) in [6, 6.07) is 22.2. The number of amides is 1. The van der Waals surface area contributed by atoms with Gasteiger partial charge in [-0.05, 0) is 80.6 Å². The van der Waals surface area contributed by atoms with E-state index in [9.17, 15) is 4.79 Å². The lowest BCUT2D eigenvalue weighted by atomic mass is 9.76. The maximum absolute atomic E-state index is 13.0. The normalized spacial score (nSPS) is 20.6. The van der Waals surface area contributed by atoms with E-state index in [2.05, 4.69) is 83.6 Å². The lowest BCUT2D eigenvalue weighted by molar-refractivity contribution is 0.0773. The van der Waals surface area contributed by atoms with Crippen LogP contribution in [0.2, 0.25) is 0 Å². The van der Waals surface area contributed by atoms with E-state index in [-0.39, 0.29) is 11.9 Å². The summed E-state index contributed by atoms with van der Waals surface area (Å²) in [5.74, 6) is 0.892. The van der Waals surface area contributed by atoms with Gasteiger partial charge in [0.25, 0.3) is 5.91 Å². The lowest BCUT2D eigenvalue weighted by Gasteiger charge is -2.38. The Hall–Kier alpha value is -3.53. The molecule has 1 aromatic heterocycles. The molecule has 1 amide bonds. The van der Waals surface area contributed by atoms with Gasteiger partial charge in [0.15, 0.2) is 0 Å². The lowest BCUT2D eigenvalue weighted by Crippen LogP contribution is -2.32. The highest BCUT2D eigenvalue weighted by molar-refractivity contribution is 6.08. The molecule has 0 bridgehead atoms. The summed E-state index contributed by atoms with van der Waals surface area (Å²) >= 11 is 0. The zero-order valence-corrected chi connectivity index (χ0v) is 20.8. The van der Waals surface area contributed by atoms with Crippen molar-refractivity contribution in [3.05, 3.63) is 89.5 Å². The van der Waals surface area contributed by atoms with Crippen LogP contribution < -0.4 is 5.32 Å². The van der Waals surface area contributed by atoms with E-state index in [0.717, 1.165) is 37.3 Å². The van der Waals surface area contributed by atoms with Crippen LogP contribution >= 0.6 is 0 Å². The SMILES string of the molecule is CCN(CC)C(=O)c1ccc2c(c1)C1C=CCC1C(c1ccc3c(c1)c1ccccc1n3CC)N2. The third-order valence-corrected chi connectivity index (χ3v) is 8.13. The summed E-state index contributed by atoms with van der Waals surface area (Å²) in [5.41, 5.74) is 7.13. The molecule has 2 heterocycles. The van der Waals surface area contributed by atoms with Gasteiger partial charge in [0, 0.05) is 58.6 Å². The van der Waals surface area contributed by atoms with Crippen LogP contribution in [0.15, 0.2) is 72.8 Å². The molecule has 0 fully saturated rings. The number of aromatic nitrogens is 1. The highest BCUT2D eigenvalue weighted by Crippen LogP contribution is 2.50. The second kappa shape index (κ2) is 8.60. The summed E-state index contributed by atoms with van der Waals surface area (Å²) in [6.45, 7) is 8.72. The second-order valence-electron chi connectivity index (χ2n) is 9.79. The first-order valence-electron chi connectivity index (χ1n) is 13.0. The van der Waals surface area contributed by atoms with Crippen molar-refractivity contribution in [1.82, 2.24) is 9.47 Å². The van der Waals surface area contributed by atoms with E-state index in [1.807, 2.05) is 24.8 Å². The Morgan fingerprint density at radius 3 is 2.57 bits per heavy atom. The number of rotatable bonds is 5. The zero-order chi connectivity index (χ0) is 24.1. The fourth-order valence-electron chi connectivity index (χ4n) is 6.36. The van der Waals surface area contributed by atoms with Crippen LogP contribution in [-0.2, 0) is 6.54 Å². The van der Waals surface area contributed by atoms with Gasteiger partial charge >= 0.3 is 0 Å². The van der Waals surface area contributed by atoms with E-state index >= 15 is 0 Å². The van der Waals surface area contributed by atoms with Crippen molar-refractivity contribution in [1.29, 1.82) is 0 Å². The van der Waals surface area contributed by atoms with Gasteiger partial charge in [-0.2, -0.15) is 0 Å². The predicted octanol–water partition coefficient (Wildman–Crippen LogP) is 7.12. The van der Waals surface area contributed by atoms with Gasteiger partial charge in [-0.3, -0.25) is 4.79 Å². The summed E-state index contributed by atoms with van der Waals surface area (Å²) in [7, 11) is 0. The van der Waals surface area contributed by atoms with Crippen molar-refractivity contribution in [2.24, 2.45) is 5.92 Å². The van der Waals surface area contributed by atoms with E-state index < -0.39 is 0 Å². The Bertz CT molecular complexity index is 1460. The molecule has 4 nitrogen and oxygen atoms in total. The van der Waals surface area contributed by atoms with Gasteiger partial charge in [-0.1, -0.05) is 36.4 Å². The highest BCUT2D eigenvalue weighted by Gasteiger charge is 2.38. The molecule has 3 atom stereocenters. The molecule has 3 unspecified atom stereocenters. The molecular formula is C31H33N3O. The maximum atomic E-state index is 13.0. The van der Waals surface area contributed by atoms with Crippen LogP contribution in [-0.4, -0.2) is 28.5 Å². The first kappa shape index (κ1) is 22.0. The van der Waals surface area contributed by atoms with Gasteiger partial charge in [0.2, 0.25) is 0 Å². The highest BCUT2D eigenvalue weighted by atomic mass is 16.2. The third kappa shape index (κ3) is 3.38. The Morgan fingerprint density at radius 2 is 1.77 bits per heavy atom. The van der Waals surface area contributed by atoms with Crippen molar-refractivity contribution in [2.45, 2.75) is 45.7 Å². The molecule has 1 aliphatic carbocycles. The summed E-state index contributed by atoms with van der Waals surface area (Å²) < 4.78 is 2.41. The van der Waals surface area contributed by atoms with Crippen LogP contribution in [0.5, 0.6) is 0 Å². The topological polar surface area (TPSA) is 37.3 Å². The minimum absolute atomic E-state index is 0.121. The number of anilines is 1. The number of nitrogens with one attached hydrogen (secondary N) is 1. The molecule has 1 aliphatic heterocycles. The van der Waals surface area contributed by atoms with Crippen LogP contribution in [0.4, 0.5) is 5.69 Å². The summed E-state index contributed by atoms with van der Waals surface area (Å²) in [5, 5.41) is 6.52. The first-order chi connectivity index (χ1) is 17.1. The van der Waals surface area contributed by atoms with E-state index in [4.69, 9.17) is 0 Å². The van der Waals surface area contributed by atoms with Crippen LogP contribution in [0, 0.1) is 5.92 Å². The molecule has 3 aromatic carbocycles. The Labute approximate surface area is 207 Å². The van der Waals surface area contributed by atoms with Gasteiger partial charge < -0.3 is 14.8 Å². The van der Waals surface area contributed by atoms with Crippen LogP contribution in [0.25, 0.3) is 21.8 Å². The second-order valence-corrected chi connectivity index (χ2v) is 9.79. The number of allylic oxidation sites excluding steroid dienone is 2. The standard InChI is InChI=1S/C31H33N3O/c1-4-33(5-2)31(35)21-14-16-27-25(19-21)22-11-9-12-24(22)30(32-27)20-15-17-29-26(18-20)23-10-7-8-13-28(23)34(29)6-3/h7-11,13-19,22,24,30,32H,4-6,12H2,1-3H3. The van der Waals surface area contributed by atoms with E-state index in [1.165, 1.54) is 32.9 Å². The van der Waals surface area contributed by atoms with Crippen LogP contribution in [0.3, 0.4) is 0 Å². The van der Waals surface area contributed by atoms with Crippen LogP contribution in [0.1, 0.15) is 60.6 Å². The van der Waals surface area contributed by atoms with E-state index in [1.54, 1.807) is 0 Å². The zero-order valence-electron chi connectivity index (χ0n) is 20.8. The molecule has 1 N–H and O–H groups in total. The molecule has 35 heavy (non-hydrogen) atoms. The minimum atomic E-state index is 0.121. The number of hydrogen-bond acceptors (Lipinski definition) is 2. The van der Waals surface area contributed by atoms with Crippen molar-refractivity contribution in [3.8, 4) is 0 Å². The van der Waals surface area contributed by atoms with E-state index in [0.29, 0.717) is 11.8 Å². The number of carbonyl (C=O) groups excluding carboxylic acids is 1. The number of hydrogen-bond donors (Lipinski definition) is 1. The van der Waals surface area contributed by atoms with Gasteiger partial charge in [0.1, 0.15) is 0 Å². The molecule has 6 rings (SSSR count). The molecular weight excluding hydrogens is 430 g/mol. The number of nitrogens with zero attached hydrogens (tertiary/aromatic N) is 2. The van der Waals surface area contributed by atoms with Crippen molar-refractivity contribution in [2.75, 3.05) is 18.4 Å². The quantitative estimate of drug-likeness (QED) is 0.320. The summed E-state index contributed by atoms with van der Waals surface area (Å²) in [6.07, 6.45) is 5.72. The smallest absolute Gasteiger partial charge is 0.253 e. The largest absolute Gasteiger partial charge is 0.378 e. The number of para-hydroxylation sites is 1. The molecule has 2 aliphatic rings. The molecule has 0 saturated carbocycles. The Kier molecular flexibility index (Phi) is 5.40. The average Bonchev–Trinajstić information content (AvgIpc) is 3.51. The number of aryl methyl sites for hydroxylation is 1. The predicted molar refractivity (Wildman–Crippen MR) is 145 cm³/mol. The van der Waals surface area contributed by atoms with Crippen molar-refractivity contribution < 1.29 is 4.79 Å². The van der Waals surface area contributed by atoms with Gasteiger partial charge in [-0.15, -0.1) is 0 Å². The van der Waals surface area contributed by atoms with Crippen molar-refractivity contribution in [3.63, 3.8) is 0 Å². The fraction of sp³-hybridized carbons (Fsp3) is 0.323. The van der Waals surface area contributed by atoms with Gasteiger partial charge in [0.05, 0.1) is 6.04 Å². The molecule has 4 aromatic rings. The molecule has 178 valence electrons. The number of fused-ring (bicyclic) bond motifs is 6. The first-order valence-corrected chi connectivity index (χ1v) is 13.0. The fourth-order valence-corrected chi connectivity index (χ4v) is 6.36. The number of benzene rings is 3. The average molecular weight is 464 g/mol. The molecule has 0 radical (unpaired) electrons. The Balaban J connectivity index is 1.41. The minimum Gasteiger partial charge on any atom is -0.378 e. The number of carbonyl (C=O) groups is 1. The molecule has 0 saturated heterocycles. The third-order valence-electron chi connectivity index (χ3n) is 8.13. The Morgan fingerprint density at radius 1 is 0.971 bits per heavy atom. The monoisotopic (exact) mass is 463 g/mol. The summed E-state index contributed by atoms with van der Waals surface area (Å²) in [4.78, 5) is 14.9. The van der Waals surface area contributed by atoms with Gasteiger partial charge in [-0.25, -0.2) is 0 Å². The molecule has 0 spiro atoms.